The van der Waals surface area contributed by atoms with Gasteiger partial charge < -0.3 is 4.40 Å². The molecule has 0 aliphatic carbocycles. The number of aromatic nitrogens is 3. The summed E-state index contributed by atoms with van der Waals surface area (Å²) < 4.78 is 2.07. The normalized spacial score (nSPS) is 11.0. The van der Waals surface area contributed by atoms with Crippen LogP contribution < -0.4 is 0 Å². The molecular weight excluding hydrogens is 282 g/mol. The lowest BCUT2D eigenvalue weighted by Crippen LogP contribution is -1.92. The Bertz CT molecular complexity index is 999. The van der Waals surface area contributed by atoms with Gasteiger partial charge in [-0.1, -0.05) is 30.3 Å². The maximum absolute atomic E-state index is 4.65. The molecule has 3 aromatic heterocycles. The van der Waals surface area contributed by atoms with E-state index in [-0.39, 0.29) is 0 Å². The minimum Gasteiger partial charge on any atom is -0.306 e. The molecule has 4 rings (SSSR count). The zero-order valence-corrected chi connectivity index (χ0v) is 13.2. The van der Waals surface area contributed by atoms with Gasteiger partial charge in [-0.25, -0.2) is 4.98 Å². The van der Waals surface area contributed by atoms with Gasteiger partial charge in [0, 0.05) is 35.3 Å². The van der Waals surface area contributed by atoms with Gasteiger partial charge >= 0.3 is 0 Å². The summed E-state index contributed by atoms with van der Waals surface area (Å²) in [7, 11) is 0. The quantitative estimate of drug-likeness (QED) is 0.538. The van der Waals surface area contributed by atoms with E-state index in [1.807, 2.05) is 25.4 Å². The molecule has 3 nitrogen and oxygen atoms in total. The molecule has 0 aliphatic heterocycles. The van der Waals surface area contributed by atoms with Crippen molar-refractivity contribution in [1.82, 2.24) is 14.4 Å². The Morgan fingerprint density at radius 2 is 1.65 bits per heavy atom. The number of nitrogens with zero attached hydrogens (tertiary/aromatic N) is 3. The minimum atomic E-state index is 0.965. The van der Waals surface area contributed by atoms with Crippen molar-refractivity contribution in [3.05, 3.63) is 78.4 Å². The van der Waals surface area contributed by atoms with Crippen LogP contribution in [0.3, 0.4) is 0 Å². The maximum atomic E-state index is 4.65. The number of hydrogen-bond donors (Lipinski definition) is 0. The number of benzene rings is 1. The van der Waals surface area contributed by atoms with Crippen molar-refractivity contribution in [2.45, 2.75) is 13.8 Å². The Hall–Kier alpha value is -2.94. The topological polar surface area (TPSA) is 30.2 Å². The molecule has 23 heavy (non-hydrogen) atoms. The van der Waals surface area contributed by atoms with Crippen LogP contribution in [0.2, 0.25) is 0 Å². The average molecular weight is 299 g/mol. The first-order valence-electron chi connectivity index (χ1n) is 7.69. The van der Waals surface area contributed by atoms with Crippen molar-refractivity contribution >= 4 is 5.65 Å². The lowest BCUT2D eigenvalue weighted by atomic mass is 9.98. The van der Waals surface area contributed by atoms with Gasteiger partial charge in [0.15, 0.2) is 0 Å². The Labute approximate surface area is 135 Å². The first-order valence-corrected chi connectivity index (χ1v) is 7.69. The van der Waals surface area contributed by atoms with E-state index in [1.165, 1.54) is 11.1 Å². The first-order chi connectivity index (χ1) is 11.2. The highest BCUT2D eigenvalue weighted by Crippen LogP contribution is 2.31. The number of imidazole rings is 1. The van der Waals surface area contributed by atoms with Crippen LogP contribution in [-0.2, 0) is 0 Å². The highest BCUT2D eigenvalue weighted by atomic mass is 15.0. The molecule has 0 spiro atoms. The van der Waals surface area contributed by atoms with Gasteiger partial charge in [0.25, 0.3) is 0 Å². The van der Waals surface area contributed by atoms with Gasteiger partial charge in [-0.3, -0.25) is 4.98 Å². The molecular formula is C20H17N3. The Morgan fingerprint density at radius 1 is 0.826 bits per heavy atom. The summed E-state index contributed by atoms with van der Waals surface area (Å²) in [6.07, 6.45) is 6.02. The molecule has 1 aromatic carbocycles. The fourth-order valence-corrected chi connectivity index (χ4v) is 2.97. The second-order valence-electron chi connectivity index (χ2n) is 5.78. The Balaban J connectivity index is 1.93. The third kappa shape index (κ3) is 2.40. The molecule has 3 heterocycles. The molecule has 0 amide bonds. The van der Waals surface area contributed by atoms with Crippen LogP contribution in [0.5, 0.6) is 0 Å². The molecule has 0 radical (unpaired) electrons. The van der Waals surface area contributed by atoms with Crippen LogP contribution in [0.4, 0.5) is 0 Å². The summed E-state index contributed by atoms with van der Waals surface area (Å²) in [5, 5.41) is 0. The van der Waals surface area contributed by atoms with Crippen LogP contribution in [-0.4, -0.2) is 14.4 Å². The van der Waals surface area contributed by atoms with Crippen molar-refractivity contribution in [3.63, 3.8) is 0 Å². The van der Waals surface area contributed by atoms with E-state index in [4.69, 9.17) is 0 Å². The van der Waals surface area contributed by atoms with E-state index in [0.717, 1.165) is 28.2 Å². The largest absolute Gasteiger partial charge is 0.306 e. The molecule has 3 heteroatoms. The summed E-state index contributed by atoms with van der Waals surface area (Å²) in [4.78, 5) is 9.14. The second kappa shape index (κ2) is 5.36. The molecule has 4 aromatic rings. The lowest BCUT2D eigenvalue weighted by molar-refractivity contribution is 1.18. The van der Waals surface area contributed by atoms with E-state index in [9.17, 15) is 0 Å². The summed E-state index contributed by atoms with van der Waals surface area (Å²) in [6, 6.07) is 16.6. The molecule has 0 fully saturated rings. The van der Waals surface area contributed by atoms with Crippen molar-refractivity contribution in [2.24, 2.45) is 0 Å². The van der Waals surface area contributed by atoms with Gasteiger partial charge in [-0.15, -0.1) is 0 Å². The van der Waals surface area contributed by atoms with Crippen LogP contribution in [0.15, 0.2) is 67.1 Å². The number of fused-ring (bicyclic) bond motifs is 1. The van der Waals surface area contributed by atoms with Crippen LogP contribution >= 0.6 is 0 Å². The summed E-state index contributed by atoms with van der Waals surface area (Å²) in [5.41, 5.74) is 7.68. The summed E-state index contributed by atoms with van der Waals surface area (Å²) in [5.74, 6) is 0. The van der Waals surface area contributed by atoms with Gasteiger partial charge in [0.2, 0.25) is 0 Å². The fourth-order valence-electron chi connectivity index (χ4n) is 2.97. The molecule has 0 saturated carbocycles. The number of aryl methyl sites for hydroxylation is 2. The van der Waals surface area contributed by atoms with Crippen LogP contribution in [0.1, 0.15) is 11.3 Å². The molecule has 0 unspecified atom stereocenters. The second-order valence-corrected chi connectivity index (χ2v) is 5.78. The smallest absolute Gasteiger partial charge is 0.136 e. The lowest BCUT2D eigenvalue weighted by Gasteiger charge is -2.11. The summed E-state index contributed by atoms with van der Waals surface area (Å²) in [6.45, 7) is 4.13. The first kappa shape index (κ1) is 13.7. The standard InChI is InChI=1S/C20H17N3/c1-14-6-3-4-7-17(14)20-18(8-5-11-21-20)16-9-10-19-22-15(2)12-23(19)13-16/h3-13H,1-2H3. The average Bonchev–Trinajstić information content (AvgIpc) is 2.94. The zero-order chi connectivity index (χ0) is 15.8. The number of rotatable bonds is 2. The predicted octanol–water partition coefficient (Wildman–Crippen LogP) is 4.68. The van der Waals surface area contributed by atoms with Crippen molar-refractivity contribution in [3.8, 4) is 22.4 Å². The molecule has 0 N–H and O–H groups in total. The van der Waals surface area contributed by atoms with E-state index in [0.29, 0.717) is 0 Å². The number of pyridine rings is 2. The van der Waals surface area contributed by atoms with Crippen LogP contribution in [0.25, 0.3) is 28.0 Å². The van der Waals surface area contributed by atoms with E-state index in [2.05, 4.69) is 70.0 Å². The molecule has 0 aliphatic rings. The van der Waals surface area contributed by atoms with Crippen LogP contribution in [0, 0.1) is 13.8 Å². The van der Waals surface area contributed by atoms with Crippen molar-refractivity contribution in [2.75, 3.05) is 0 Å². The Morgan fingerprint density at radius 3 is 2.52 bits per heavy atom. The highest BCUT2D eigenvalue weighted by Gasteiger charge is 2.11. The van der Waals surface area contributed by atoms with Crippen molar-refractivity contribution in [1.29, 1.82) is 0 Å². The zero-order valence-electron chi connectivity index (χ0n) is 13.2. The highest BCUT2D eigenvalue weighted by molar-refractivity contribution is 5.82. The van der Waals surface area contributed by atoms with Crippen molar-refractivity contribution < 1.29 is 0 Å². The van der Waals surface area contributed by atoms with E-state index in [1.54, 1.807) is 0 Å². The molecule has 112 valence electrons. The number of hydrogen-bond acceptors (Lipinski definition) is 2. The third-order valence-electron chi connectivity index (χ3n) is 4.09. The summed E-state index contributed by atoms with van der Waals surface area (Å²) >= 11 is 0. The third-order valence-corrected chi connectivity index (χ3v) is 4.09. The Kier molecular flexibility index (Phi) is 3.19. The minimum absolute atomic E-state index is 0.965. The van der Waals surface area contributed by atoms with Gasteiger partial charge in [0.1, 0.15) is 5.65 Å². The molecule has 0 bridgehead atoms. The predicted molar refractivity (Wildman–Crippen MR) is 93.3 cm³/mol. The SMILES string of the molecule is Cc1cn2cc(-c3cccnc3-c3ccccc3C)ccc2n1. The molecule has 0 saturated heterocycles. The fraction of sp³-hybridized carbons (Fsp3) is 0.100. The van der Waals surface area contributed by atoms with Gasteiger partial charge in [-0.05, 0) is 37.6 Å². The monoisotopic (exact) mass is 299 g/mol. The van der Waals surface area contributed by atoms with Gasteiger partial charge in [0.05, 0.1) is 11.4 Å². The van der Waals surface area contributed by atoms with E-state index >= 15 is 0 Å². The van der Waals surface area contributed by atoms with E-state index < -0.39 is 0 Å². The van der Waals surface area contributed by atoms with Gasteiger partial charge in [-0.2, -0.15) is 0 Å². The molecule has 0 atom stereocenters. The maximum Gasteiger partial charge on any atom is 0.136 e.